The van der Waals surface area contributed by atoms with Gasteiger partial charge in [0.1, 0.15) is 23.4 Å². The molecule has 1 aromatic carbocycles. The van der Waals surface area contributed by atoms with Gasteiger partial charge in [0.25, 0.3) is 0 Å². The molecule has 12 nitrogen and oxygen atoms in total. The average molecular weight is 557 g/mol. The van der Waals surface area contributed by atoms with Crippen LogP contribution in [0.25, 0.3) is 0 Å². The number of piperidine rings is 1. The van der Waals surface area contributed by atoms with Crippen LogP contribution in [0.2, 0.25) is 0 Å². The van der Waals surface area contributed by atoms with Crippen molar-refractivity contribution in [1.29, 1.82) is 0 Å². The lowest BCUT2D eigenvalue weighted by Crippen LogP contribution is -2.47. The molecule has 2 aliphatic heterocycles. The predicted octanol–water partition coefficient (Wildman–Crippen LogP) is -0.430. The van der Waals surface area contributed by atoms with Crippen LogP contribution in [0, 0.1) is 5.21 Å². The third-order valence-corrected chi connectivity index (χ3v) is 9.99. The summed E-state index contributed by atoms with van der Waals surface area (Å²) in [6.07, 6.45) is 3.22. The molecule has 204 valence electrons. The zero-order valence-corrected chi connectivity index (χ0v) is 22.1. The van der Waals surface area contributed by atoms with Gasteiger partial charge in [-0.3, -0.25) is 0 Å². The third kappa shape index (κ3) is 6.57. The van der Waals surface area contributed by atoms with Crippen molar-refractivity contribution in [2.75, 3.05) is 39.9 Å². The van der Waals surface area contributed by atoms with E-state index in [4.69, 9.17) is 9.47 Å². The van der Waals surface area contributed by atoms with Crippen molar-refractivity contribution in [3.8, 4) is 5.75 Å². The molecule has 2 atom stereocenters. The van der Waals surface area contributed by atoms with E-state index < -0.39 is 31.8 Å². The molecule has 0 radical (unpaired) electrons. The van der Waals surface area contributed by atoms with Crippen molar-refractivity contribution >= 4 is 20.0 Å². The lowest BCUT2D eigenvalue weighted by molar-refractivity contribution is -0.607. The molecular weight excluding hydrogens is 524 g/mol. The van der Waals surface area contributed by atoms with E-state index in [0.717, 1.165) is 6.20 Å². The molecule has 2 fully saturated rings. The van der Waals surface area contributed by atoms with E-state index >= 15 is 0 Å². The molecule has 0 bridgehead atoms. The van der Waals surface area contributed by atoms with Gasteiger partial charge in [0, 0.05) is 37.8 Å². The summed E-state index contributed by atoms with van der Waals surface area (Å²) in [6.45, 7) is 1.26. The van der Waals surface area contributed by atoms with Crippen molar-refractivity contribution in [1.82, 2.24) is 14.3 Å². The maximum atomic E-state index is 12.9. The number of benzene rings is 1. The standard InChI is InChI=1S/C23H32N4O8S2/c1-24-36(30,31)21-5-2-4-20(12-21)34-17-19(28)14-25-18-13-23(35-16-18)7-10-27(11-8-23)37(32,33)22-6-3-9-26(29)15-22/h2-6,9,12,15,18-19,24-25,28H,7-8,10-11,13-14,16-17H2,1H3. The number of hydrogen-bond acceptors (Lipinski definition) is 9. The molecule has 1 aromatic heterocycles. The van der Waals surface area contributed by atoms with Gasteiger partial charge in [-0.25, -0.2) is 21.6 Å². The summed E-state index contributed by atoms with van der Waals surface area (Å²) in [5, 5.41) is 25.1. The van der Waals surface area contributed by atoms with Crippen LogP contribution in [-0.4, -0.2) is 83.9 Å². The van der Waals surface area contributed by atoms with Crippen molar-refractivity contribution in [2.24, 2.45) is 0 Å². The highest BCUT2D eigenvalue weighted by molar-refractivity contribution is 7.89. The Morgan fingerprint density at radius 3 is 2.65 bits per heavy atom. The first kappa shape index (κ1) is 27.7. The summed E-state index contributed by atoms with van der Waals surface area (Å²) in [6, 6.07) is 8.85. The van der Waals surface area contributed by atoms with Crippen LogP contribution in [0.4, 0.5) is 0 Å². The average Bonchev–Trinajstić information content (AvgIpc) is 3.28. The Morgan fingerprint density at radius 2 is 1.95 bits per heavy atom. The highest BCUT2D eigenvalue weighted by Crippen LogP contribution is 2.37. The van der Waals surface area contributed by atoms with Gasteiger partial charge in [0.05, 0.1) is 17.1 Å². The van der Waals surface area contributed by atoms with E-state index in [1.807, 2.05) is 0 Å². The molecule has 0 amide bonds. The molecule has 1 spiro atoms. The number of hydrogen-bond donors (Lipinski definition) is 3. The highest BCUT2D eigenvalue weighted by Gasteiger charge is 2.45. The second kappa shape index (κ2) is 11.2. The SMILES string of the molecule is CNS(=O)(=O)c1cccc(OCC(O)CNC2COC3(CCN(S(=O)(=O)c4ccc[n+]([O-])c4)CC3)C2)c1. The molecule has 37 heavy (non-hydrogen) atoms. The number of rotatable bonds is 10. The summed E-state index contributed by atoms with van der Waals surface area (Å²) in [5.74, 6) is 0.334. The summed E-state index contributed by atoms with van der Waals surface area (Å²) in [4.78, 5) is 0.0459. The molecule has 14 heteroatoms. The Labute approximate surface area is 216 Å². The van der Waals surface area contributed by atoms with Gasteiger partial charge >= 0.3 is 0 Å². The predicted molar refractivity (Wildman–Crippen MR) is 133 cm³/mol. The fraction of sp³-hybridized carbons (Fsp3) is 0.522. The Bertz CT molecular complexity index is 1300. The Balaban J connectivity index is 1.23. The van der Waals surface area contributed by atoms with Gasteiger partial charge < -0.3 is 25.1 Å². The normalized spacial score (nSPS) is 21.2. The van der Waals surface area contributed by atoms with Crippen LogP contribution < -0.4 is 19.5 Å². The lowest BCUT2D eigenvalue weighted by Gasteiger charge is -2.37. The molecule has 2 aliphatic rings. The molecule has 3 heterocycles. The first-order valence-electron chi connectivity index (χ1n) is 11.9. The van der Waals surface area contributed by atoms with E-state index in [1.54, 1.807) is 12.1 Å². The quantitative estimate of drug-likeness (QED) is 0.260. The van der Waals surface area contributed by atoms with Crippen molar-refractivity contribution in [3.63, 3.8) is 0 Å². The minimum atomic E-state index is -3.75. The summed E-state index contributed by atoms with van der Waals surface area (Å²) in [5.41, 5.74) is -0.431. The van der Waals surface area contributed by atoms with Crippen molar-refractivity contribution in [2.45, 2.75) is 46.8 Å². The number of aliphatic hydroxyl groups excluding tert-OH is 1. The monoisotopic (exact) mass is 556 g/mol. The van der Waals surface area contributed by atoms with Crippen LogP contribution in [0.1, 0.15) is 19.3 Å². The summed E-state index contributed by atoms with van der Waals surface area (Å²) in [7, 11) is -6.01. The molecule has 2 saturated heterocycles. The molecular formula is C23H32N4O8S2. The number of nitrogens with zero attached hydrogens (tertiary/aromatic N) is 2. The van der Waals surface area contributed by atoms with Crippen LogP contribution in [0.5, 0.6) is 5.75 Å². The third-order valence-electron chi connectivity index (χ3n) is 6.70. The molecule has 2 unspecified atom stereocenters. The minimum absolute atomic E-state index is 0.00421. The second-order valence-corrected chi connectivity index (χ2v) is 13.1. The van der Waals surface area contributed by atoms with E-state index in [0.29, 0.717) is 49.4 Å². The molecule has 4 rings (SSSR count). The first-order valence-corrected chi connectivity index (χ1v) is 14.9. The van der Waals surface area contributed by atoms with E-state index in [-0.39, 0.29) is 29.0 Å². The van der Waals surface area contributed by atoms with Gasteiger partial charge in [-0.15, -0.1) is 0 Å². The van der Waals surface area contributed by atoms with Gasteiger partial charge in [-0.2, -0.15) is 9.04 Å². The van der Waals surface area contributed by atoms with Gasteiger partial charge in [-0.05, 0) is 44.5 Å². The fourth-order valence-corrected chi connectivity index (χ4v) is 6.81. The Kier molecular flexibility index (Phi) is 8.38. The number of aliphatic hydroxyl groups is 1. The van der Waals surface area contributed by atoms with Gasteiger partial charge in [0.15, 0.2) is 12.4 Å². The maximum Gasteiger partial charge on any atom is 0.249 e. The van der Waals surface area contributed by atoms with Crippen molar-refractivity contribution in [3.05, 3.63) is 54.0 Å². The zero-order chi connectivity index (χ0) is 26.7. The first-order chi connectivity index (χ1) is 17.5. The zero-order valence-electron chi connectivity index (χ0n) is 20.4. The summed E-state index contributed by atoms with van der Waals surface area (Å²) < 4.78 is 65.4. The fourth-order valence-electron chi connectivity index (χ4n) is 4.60. The topological polar surface area (TPSA) is 161 Å². The van der Waals surface area contributed by atoms with Crippen LogP contribution in [0.15, 0.2) is 58.6 Å². The van der Waals surface area contributed by atoms with Crippen molar-refractivity contribution < 1.29 is 36.1 Å². The maximum absolute atomic E-state index is 12.9. The van der Waals surface area contributed by atoms with E-state index in [2.05, 4.69) is 10.0 Å². The smallest absolute Gasteiger partial charge is 0.249 e. The Morgan fingerprint density at radius 1 is 1.22 bits per heavy atom. The number of aromatic nitrogens is 1. The van der Waals surface area contributed by atoms with Gasteiger partial charge in [0.2, 0.25) is 20.0 Å². The summed E-state index contributed by atoms with van der Waals surface area (Å²) >= 11 is 0. The number of ether oxygens (including phenoxy) is 2. The molecule has 0 saturated carbocycles. The molecule has 2 aromatic rings. The molecule has 0 aliphatic carbocycles. The van der Waals surface area contributed by atoms with Crippen LogP contribution in [-0.2, 0) is 24.8 Å². The second-order valence-electron chi connectivity index (χ2n) is 9.25. The number of nitrogens with one attached hydrogen (secondary N) is 2. The largest absolute Gasteiger partial charge is 0.619 e. The minimum Gasteiger partial charge on any atom is -0.619 e. The Hall–Kier alpha value is -2.33. The van der Waals surface area contributed by atoms with E-state index in [9.17, 15) is 27.1 Å². The van der Waals surface area contributed by atoms with Crippen LogP contribution in [0.3, 0.4) is 0 Å². The molecule has 3 N–H and O–H groups in total. The van der Waals surface area contributed by atoms with Gasteiger partial charge in [-0.1, -0.05) is 6.07 Å². The number of sulfonamides is 2. The lowest BCUT2D eigenvalue weighted by atomic mass is 9.88. The number of pyridine rings is 1. The highest BCUT2D eigenvalue weighted by atomic mass is 32.2. The van der Waals surface area contributed by atoms with E-state index in [1.165, 1.54) is 41.8 Å². The van der Waals surface area contributed by atoms with Crippen LogP contribution >= 0.6 is 0 Å².